The Morgan fingerprint density at radius 2 is 2.00 bits per heavy atom. The Hall–Kier alpha value is -2.52. The predicted octanol–water partition coefficient (Wildman–Crippen LogP) is 1.15. The van der Waals surface area contributed by atoms with Gasteiger partial charge in [0.25, 0.3) is 5.91 Å². The van der Waals surface area contributed by atoms with E-state index in [2.05, 4.69) is 36.4 Å². The van der Waals surface area contributed by atoms with Crippen LogP contribution in [0.4, 0.5) is 5.69 Å². The first-order chi connectivity index (χ1) is 11.3. The maximum Gasteiger partial charge on any atom is 0.277 e. The molecule has 0 bridgehead atoms. The van der Waals surface area contributed by atoms with Gasteiger partial charge in [0.1, 0.15) is 11.0 Å². The Kier molecular flexibility index (Phi) is 4.72. The number of benzene rings is 1. The van der Waals surface area contributed by atoms with Crippen LogP contribution in [0.25, 0.3) is 11.0 Å². The monoisotopic (exact) mass is 348 g/mol. The van der Waals surface area contributed by atoms with Crippen molar-refractivity contribution in [3.05, 3.63) is 30.1 Å². The van der Waals surface area contributed by atoms with Crippen molar-refractivity contribution in [2.75, 3.05) is 18.4 Å². The van der Waals surface area contributed by atoms with Gasteiger partial charge in [0.2, 0.25) is 0 Å². The summed E-state index contributed by atoms with van der Waals surface area (Å²) in [4.78, 5) is 12.3. The molecule has 3 N–H and O–H groups in total. The second-order valence-electron chi connectivity index (χ2n) is 5.55. The van der Waals surface area contributed by atoms with Crippen LogP contribution in [0.5, 0.6) is 0 Å². The molecule has 1 saturated heterocycles. The van der Waals surface area contributed by atoms with Crippen molar-refractivity contribution in [2.45, 2.75) is 18.9 Å². The Balaban J connectivity index is 0.00000169. The fourth-order valence-electron chi connectivity index (χ4n) is 2.74. The van der Waals surface area contributed by atoms with Crippen molar-refractivity contribution in [1.82, 2.24) is 35.7 Å². The smallest absolute Gasteiger partial charge is 0.277 e. The summed E-state index contributed by atoms with van der Waals surface area (Å²) in [6.07, 6.45) is 3.69. The third-order valence-electron chi connectivity index (χ3n) is 4.00. The second kappa shape index (κ2) is 6.93. The third-order valence-corrected chi connectivity index (χ3v) is 4.00. The van der Waals surface area contributed by atoms with E-state index in [-0.39, 0.29) is 18.3 Å². The number of nitrogens with one attached hydrogen (secondary N) is 3. The zero-order chi connectivity index (χ0) is 15.6. The van der Waals surface area contributed by atoms with Gasteiger partial charge in [0, 0.05) is 5.69 Å². The van der Waals surface area contributed by atoms with E-state index in [9.17, 15) is 4.79 Å². The molecular weight excluding hydrogens is 332 g/mol. The van der Waals surface area contributed by atoms with E-state index in [4.69, 9.17) is 0 Å². The molecule has 0 unspecified atom stereocenters. The van der Waals surface area contributed by atoms with Crippen molar-refractivity contribution < 1.29 is 4.79 Å². The lowest BCUT2D eigenvalue weighted by atomic mass is 10.1. The van der Waals surface area contributed by atoms with Crippen LogP contribution in [-0.2, 0) is 0 Å². The summed E-state index contributed by atoms with van der Waals surface area (Å²) < 4.78 is 1.79. The van der Waals surface area contributed by atoms with Crippen LogP contribution in [0.15, 0.2) is 24.4 Å². The number of aromatic amines is 1. The zero-order valence-electron chi connectivity index (χ0n) is 12.8. The van der Waals surface area contributed by atoms with Crippen LogP contribution in [0.3, 0.4) is 0 Å². The molecule has 0 saturated carbocycles. The average Bonchev–Trinajstić information content (AvgIpc) is 3.24. The SMILES string of the molecule is Cl.O=C(Nc1ccc2n[nH]nc2c1)c1cn(C2CCNCC2)nn1. The molecule has 0 spiro atoms. The lowest BCUT2D eigenvalue weighted by Gasteiger charge is -2.22. The van der Waals surface area contributed by atoms with E-state index < -0.39 is 0 Å². The van der Waals surface area contributed by atoms with Crippen molar-refractivity contribution in [3.63, 3.8) is 0 Å². The number of H-pyrrole nitrogens is 1. The van der Waals surface area contributed by atoms with E-state index in [1.807, 2.05) is 0 Å². The lowest BCUT2D eigenvalue weighted by Crippen LogP contribution is -2.29. The molecule has 1 aliphatic rings. The highest BCUT2D eigenvalue weighted by Gasteiger charge is 2.18. The van der Waals surface area contributed by atoms with Gasteiger partial charge in [0.05, 0.1) is 12.2 Å². The largest absolute Gasteiger partial charge is 0.320 e. The number of anilines is 1. The average molecular weight is 349 g/mol. The highest BCUT2D eigenvalue weighted by molar-refractivity contribution is 6.03. The molecule has 0 aliphatic carbocycles. The number of nitrogens with zero attached hydrogens (tertiary/aromatic N) is 5. The summed E-state index contributed by atoms with van der Waals surface area (Å²) >= 11 is 0. The number of carbonyl (C=O) groups is 1. The topological polar surface area (TPSA) is 113 Å². The minimum atomic E-state index is -0.284. The Bertz CT molecular complexity index is 838. The highest BCUT2D eigenvalue weighted by atomic mass is 35.5. The second-order valence-corrected chi connectivity index (χ2v) is 5.55. The minimum Gasteiger partial charge on any atom is -0.320 e. The van der Waals surface area contributed by atoms with Gasteiger partial charge >= 0.3 is 0 Å². The summed E-state index contributed by atoms with van der Waals surface area (Å²) in [6.45, 7) is 1.92. The van der Waals surface area contributed by atoms with Gasteiger partial charge in [-0.15, -0.1) is 17.5 Å². The van der Waals surface area contributed by atoms with Crippen LogP contribution in [0.1, 0.15) is 29.4 Å². The summed E-state index contributed by atoms with van der Waals surface area (Å²) in [5.41, 5.74) is 2.40. The number of rotatable bonds is 3. The van der Waals surface area contributed by atoms with Gasteiger partial charge in [-0.25, -0.2) is 4.68 Å². The molecule has 1 fully saturated rings. The van der Waals surface area contributed by atoms with Crippen molar-refractivity contribution >= 4 is 35.0 Å². The van der Waals surface area contributed by atoms with Crippen LogP contribution in [0.2, 0.25) is 0 Å². The molecule has 1 aromatic carbocycles. The van der Waals surface area contributed by atoms with E-state index in [0.29, 0.717) is 22.9 Å². The number of amides is 1. The van der Waals surface area contributed by atoms with Crippen LogP contribution >= 0.6 is 12.4 Å². The maximum absolute atomic E-state index is 12.3. The lowest BCUT2D eigenvalue weighted by molar-refractivity contribution is 0.102. The molecule has 1 amide bonds. The van der Waals surface area contributed by atoms with E-state index >= 15 is 0 Å². The molecule has 4 rings (SSSR count). The first-order valence-electron chi connectivity index (χ1n) is 7.54. The molecule has 126 valence electrons. The molecule has 9 nitrogen and oxygen atoms in total. The van der Waals surface area contributed by atoms with Crippen molar-refractivity contribution in [3.8, 4) is 0 Å². The molecule has 3 heterocycles. The number of aromatic nitrogens is 6. The number of fused-ring (bicyclic) bond motifs is 1. The zero-order valence-corrected chi connectivity index (χ0v) is 13.6. The highest BCUT2D eigenvalue weighted by Crippen LogP contribution is 2.18. The number of halogens is 1. The van der Waals surface area contributed by atoms with Crippen molar-refractivity contribution in [1.29, 1.82) is 0 Å². The Labute approximate surface area is 143 Å². The summed E-state index contributed by atoms with van der Waals surface area (Å²) in [5, 5.41) is 24.7. The van der Waals surface area contributed by atoms with Gasteiger partial charge < -0.3 is 10.6 Å². The van der Waals surface area contributed by atoms with E-state index in [1.165, 1.54) is 0 Å². The minimum absolute atomic E-state index is 0. The molecule has 10 heteroatoms. The molecule has 0 radical (unpaired) electrons. The first-order valence-corrected chi connectivity index (χ1v) is 7.54. The summed E-state index contributed by atoms with van der Waals surface area (Å²) in [6, 6.07) is 5.63. The molecule has 3 aromatic rings. The Morgan fingerprint density at radius 3 is 2.83 bits per heavy atom. The van der Waals surface area contributed by atoms with Gasteiger partial charge in [-0.3, -0.25) is 4.79 Å². The molecule has 2 aromatic heterocycles. The number of piperidine rings is 1. The molecule has 0 atom stereocenters. The Morgan fingerprint density at radius 1 is 1.21 bits per heavy atom. The fourth-order valence-corrected chi connectivity index (χ4v) is 2.74. The van der Waals surface area contributed by atoms with Crippen LogP contribution in [0, 0.1) is 0 Å². The van der Waals surface area contributed by atoms with Gasteiger partial charge in [0.15, 0.2) is 5.69 Å². The number of carbonyl (C=O) groups excluding carboxylic acids is 1. The van der Waals surface area contributed by atoms with Crippen LogP contribution < -0.4 is 10.6 Å². The maximum atomic E-state index is 12.3. The fraction of sp³-hybridized carbons (Fsp3) is 0.357. The van der Waals surface area contributed by atoms with Crippen molar-refractivity contribution in [2.24, 2.45) is 0 Å². The molecular formula is C14H17ClN8O. The van der Waals surface area contributed by atoms with Gasteiger partial charge in [-0.1, -0.05) is 5.21 Å². The quantitative estimate of drug-likeness (QED) is 0.654. The molecule has 24 heavy (non-hydrogen) atoms. The van der Waals surface area contributed by atoms with E-state index in [1.54, 1.807) is 29.1 Å². The predicted molar refractivity (Wildman–Crippen MR) is 90.3 cm³/mol. The van der Waals surface area contributed by atoms with Gasteiger partial charge in [-0.05, 0) is 44.1 Å². The van der Waals surface area contributed by atoms with Crippen LogP contribution in [-0.4, -0.2) is 49.4 Å². The number of hydrogen-bond acceptors (Lipinski definition) is 6. The first kappa shape index (κ1) is 16.3. The summed E-state index contributed by atoms with van der Waals surface area (Å²) in [7, 11) is 0. The van der Waals surface area contributed by atoms with E-state index in [0.717, 1.165) is 31.4 Å². The third kappa shape index (κ3) is 3.22. The standard InChI is InChI=1S/C14H16N8O.ClH/c23-14(16-9-1-2-11-12(7-9)18-20-17-11)13-8-22(21-19-13)10-3-5-15-6-4-10;/h1-2,7-8,10,15H,3-6H2,(H,16,23)(H,17,18,20);1H. The van der Waals surface area contributed by atoms with Gasteiger partial charge in [-0.2, -0.15) is 15.4 Å². The summed E-state index contributed by atoms with van der Waals surface area (Å²) in [5.74, 6) is -0.284. The normalized spacial score (nSPS) is 15.2. The number of hydrogen-bond donors (Lipinski definition) is 3. The molecule has 1 aliphatic heterocycles.